The lowest BCUT2D eigenvalue weighted by molar-refractivity contribution is 1.06. The quantitative estimate of drug-likeness (QED) is 0.840. The summed E-state index contributed by atoms with van der Waals surface area (Å²) in [6, 6.07) is 12.5. The second kappa shape index (κ2) is 5.84. The Hall–Kier alpha value is -1.32. The van der Waals surface area contributed by atoms with Crippen LogP contribution in [0.15, 0.2) is 47.5 Å². The predicted molar refractivity (Wildman–Crippen MR) is 72.9 cm³/mol. The van der Waals surface area contributed by atoms with Crippen LogP contribution < -0.4 is 5.73 Å². The van der Waals surface area contributed by atoms with Gasteiger partial charge in [0, 0.05) is 23.4 Å². The Labute approximate surface area is 106 Å². The van der Waals surface area contributed by atoms with Crippen molar-refractivity contribution >= 4 is 11.8 Å². The lowest BCUT2D eigenvalue weighted by atomic mass is 10.2. The maximum absolute atomic E-state index is 5.57. The molecule has 88 valence electrons. The van der Waals surface area contributed by atoms with Crippen LogP contribution in [-0.4, -0.2) is 4.98 Å². The molecule has 0 amide bonds. The molecule has 1 aromatic heterocycles. The molecule has 0 aliphatic carbocycles. The second-order valence-corrected chi connectivity index (χ2v) is 4.95. The zero-order valence-corrected chi connectivity index (χ0v) is 10.7. The number of pyridine rings is 1. The molecular weight excluding hydrogens is 228 g/mol. The van der Waals surface area contributed by atoms with E-state index in [1.807, 2.05) is 12.3 Å². The van der Waals surface area contributed by atoms with E-state index in [4.69, 9.17) is 5.73 Å². The molecule has 0 atom stereocenters. The van der Waals surface area contributed by atoms with Gasteiger partial charge in [-0.25, -0.2) is 0 Å². The highest BCUT2D eigenvalue weighted by molar-refractivity contribution is 7.98. The van der Waals surface area contributed by atoms with Crippen LogP contribution in [0, 0.1) is 6.92 Å². The summed E-state index contributed by atoms with van der Waals surface area (Å²) in [7, 11) is 0. The van der Waals surface area contributed by atoms with Gasteiger partial charge in [0.25, 0.3) is 0 Å². The zero-order chi connectivity index (χ0) is 12.1. The number of hydrogen-bond acceptors (Lipinski definition) is 3. The molecule has 2 nitrogen and oxygen atoms in total. The highest BCUT2D eigenvalue weighted by Gasteiger charge is 2.00. The standard InChI is InChI=1S/C14H16N2S/c1-11-3-2-8-16-14(11)10-17-13-6-4-12(9-15)5-7-13/h2-8H,9-10,15H2,1H3. The lowest BCUT2D eigenvalue weighted by Crippen LogP contribution is -1.95. The molecule has 2 rings (SSSR count). The van der Waals surface area contributed by atoms with Crippen LogP contribution in [0.5, 0.6) is 0 Å². The molecule has 17 heavy (non-hydrogen) atoms. The van der Waals surface area contributed by atoms with Crippen LogP contribution in [0.1, 0.15) is 16.8 Å². The Morgan fingerprint density at radius 1 is 1.18 bits per heavy atom. The number of aromatic nitrogens is 1. The van der Waals surface area contributed by atoms with E-state index < -0.39 is 0 Å². The molecule has 0 unspecified atom stereocenters. The van der Waals surface area contributed by atoms with Crippen molar-refractivity contribution in [1.82, 2.24) is 4.98 Å². The first kappa shape index (κ1) is 12.1. The fraction of sp³-hybridized carbons (Fsp3) is 0.214. The highest BCUT2D eigenvalue weighted by Crippen LogP contribution is 2.23. The molecular formula is C14H16N2S. The van der Waals surface area contributed by atoms with Crippen molar-refractivity contribution in [2.45, 2.75) is 24.1 Å². The molecule has 2 aromatic rings. The normalized spacial score (nSPS) is 10.5. The summed E-state index contributed by atoms with van der Waals surface area (Å²) in [5.41, 5.74) is 9.14. The highest BCUT2D eigenvalue weighted by atomic mass is 32.2. The van der Waals surface area contributed by atoms with Gasteiger partial charge >= 0.3 is 0 Å². The number of hydrogen-bond donors (Lipinski definition) is 1. The second-order valence-electron chi connectivity index (χ2n) is 3.90. The van der Waals surface area contributed by atoms with E-state index in [9.17, 15) is 0 Å². The van der Waals surface area contributed by atoms with Crippen molar-refractivity contribution in [2.75, 3.05) is 0 Å². The predicted octanol–water partition coefficient (Wildman–Crippen LogP) is 3.14. The SMILES string of the molecule is Cc1cccnc1CSc1ccc(CN)cc1. The van der Waals surface area contributed by atoms with E-state index >= 15 is 0 Å². The Morgan fingerprint density at radius 2 is 1.94 bits per heavy atom. The first-order valence-electron chi connectivity index (χ1n) is 5.62. The van der Waals surface area contributed by atoms with E-state index in [1.54, 1.807) is 11.8 Å². The molecule has 0 spiro atoms. The third-order valence-corrected chi connectivity index (χ3v) is 3.68. The van der Waals surface area contributed by atoms with E-state index in [1.165, 1.54) is 16.0 Å². The Balaban J connectivity index is 2.00. The van der Waals surface area contributed by atoms with Crippen molar-refractivity contribution in [2.24, 2.45) is 5.73 Å². The third kappa shape index (κ3) is 3.32. The molecule has 0 saturated carbocycles. The van der Waals surface area contributed by atoms with Gasteiger partial charge in [-0.05, 0) is 36.2 Å². The van der Waals surface area contributed by atoms with Crippen LogP contribution >= 0.6 is 11.8 Å². The summed E-state index contributed by atoms with van der Waals surface area (Å²) < 4.78 is 0. The van der Waals surface area contributed by atoms with Crippen molar-refractivity contribution < 1.29 is 0 Å². The summed E-state index contributed by atoms with van der Waals surface area (Å²) >= 11 is 1.80. The Kier molecular flexibility index (Phi) is 4.18. The fourth-order valence-electron chi connectivity index (χ4n) is 1.54. The molecule has 1 heterocycles. The monoisotopic (exact) mass is 244 g/mol. The average molecular weight is 244 g/mol. The smallest absolute Gasteiger partial charge is 0.0535 e. The largest absolute Gasteiger partial charge is 0.326 e. The van der Waals surface area contributed by atoms with Gasteiger partial charge in [-0.2, -0.15) is 0 Å². The van der Waals surface area contributed by atoms with Crippen LogP contribution in [0.3, 0.4) is 0 Å². The van der Waals surface area contributed by atoms with Gasteiger partial charge in [-0.15, -0.1) is 11.8 Å². The van der Waals surface area contributed by atoms with E-state index in [0.717, 1.165) is 11.4 Å². The number of thioether (sulfide) groups is 1. The van der Waals surface area contributed by atoms with Crippen LogP contribution in [-0.2, 0) is 12.3 Å². The molecule has 0 aliphatic heterocycles. The molecule has 0 aliphatic rings. The summed E-state index contributed by atoms with van der Waals surface area (Å²) in [5.74, 6) is 0.911. The number of rotatable bonds is 4. The number of nitrogens with zero attached hydrogens (tertiary/aromatic N) is 1. The topological polar surface area (TPSA) is 38.9 Å². The maximum atomic E-state index is 5.57. The maximum Gasteiger partial charge on any atom is 0.0535 e. The number of benzene rings is 1. The van der Waals surface area contributed by atoms with Crippen LogP contribution in [0.2, 0.25) is 0 Å². The van der Waals surface area contributed by atoms with Crippen molar-refractivity contribution in [1.29, 1.82) is 0 Å². The molecule has 0 bridgehead atoms. The number of nitrogens with two attached hydrogens (primary N) is 1. The molecule has 1 aromatic carbocycles. The van der Waals surface area contributed by atoms with Gasteiger partial charge in [-0.1, -0.05) is 18.2 Å². The minimum absolute atomic E-state index is 0.601. The summed E-state index contributed by atoms with van der Waals surface area (Å²) in [5, 5.41) is 0. The van der Waals surface area contributed by atoms with Crippen molar-refractivity contribution in [3.05, 3.63) is 59.4 Å². The van der Waals surface area contributed by atoms with E-state index in [2.05, 4.69) is 42.2 Å². The first-order chi connectivity index (χ1) is 8.29. The minimum Gasteiger partial charge on any atom is -0.326 e. The van der Waals surface area contributed by atoms with Crippen molar-refractivity contribution in [3.8, 4) is 0 Å². The van der Waals surface area contributed by atoms with E-state index in [0.29, 0.717) is 6.54 Å². The molecule has 2 N–H and O–H groups in total. The Bertz CT molecular complexity index is 480. The molecule has 0 radical (unpaired) electrons. The zero-order valence-electron chi connectivity index (χ0n) is 9.89. The van der Waals surface area contributed by atoms with Gasteiger partial charge < -0.3 is 5.73 Å². The summed E-state index contributed by atoms with van der Waals surface area (Å²) in [6.07, 6.45) is 1.85. The van der Waals surface area contributed by atoms with Crippen molar-refractivity contribution in [3.63, 3.8) is 0 Å². The Morgan fingerprint density at radius 3 is 2.59 bits per heavy atom. The number of aryl methyl sites for hydroxylation is 1. The van der Waals surface area contributed by atoms with Gasteiger partial charge in [-0.3, -0.25) is 4.98 Å². The lowest BCUT2D eigenvalue weighted by Gasteiger charge is -2.05. The van der Waals surface area contributed by atoms with Gasteiger partial charge in [0.15, 0.2) is 0 Å². The minimum atomic E-state index is 0.601. The van der Waals surface area contributed by atoms with Gasteiger partial charge in [0.05, 0.1) is 5.69 Å². The van der Waals surface area contributed by atoms with Gasteiger partial charge in [0.2, 0.25) is 0 Å². The van der Waals surface area contributed by atoms with Crippen LogP contribution in [0.4, 0.5) is 0 Å². The molecule has 0 saturated heterocycles. The van der Waals surface area contributed by atoms with E-state index in [-0.39, 0.29) is 0 Å². The molecule has 3 heteroatoms. The summed E-state index contributed by atoms with van der Waals surface area (Å²) in [4.78, 5) is 5.64. The third-order valence-electron chi connectivity index (χ3n) is 2.65. The molecule has 0 fully saturated rings. The average Bonchev–Trinajstić information content (AvgIpc) is 2.38. The first-order valence-corrected chi connectivity index (χ1v) is 6.60. The fourth-order valence-corrected chi connectivity index (χ4v) is 2.48. The summed E-state index contributed by atoms with van der Waals surface area (Å²) in [6.45, 7) is 2.70. The van der Waals surface area contributed by atoms with Gasteiger partial charge in [0.1, 0.15) is 0 Å². The van der Waals surface area contributed by atoms with Crippen LogP contribution in [0.25, 0.3) is 0 Å².